The standard InChI is InChI=1S/C15H13ClFNO2S/c1-20-11-3-2-4-12(8-11)21-9-15(19)18-14-7-10(16)5-6-13(14)17/h2-8H,9H2,1H3,(H,18,19). The van der Waals surface area contributed by atoms with Gasteiger partial charge in [0, 0.05) is 9.92 Å². The highest BCUT2D eigenvalue weighted by Gasteiger charge is 2.08. The summed E-state index contributed by atoms with van der Waals surface area (Å²) in [5, 5.41) is 2.87. The molecule has 110 valence electrons. The van der Waals surface area contributed by atoms with Gasteiger partial charge in [-0.3, -0.25) is 4.79 Å². The first kappa shape index (κ1) is 15.7. The van der Waals surface area contributed by atoms with E-state index in [4.69, 9.17) is 16.3 Å². The van der Waals surface area contributed by atoms with Gasteiger partial charge >= 0.3 is 0 Å². The molecule has 0 aliphatic rings. The summed E-state index contributed by atoms with van der Waals surface area (Å²) >= 11 is 7.11. The molecule has 0 atom stereocenters. The van der Waals surface area contributed by atoms with Crippen molar-refractivity contribution in [2.75, 3.05) is 18.2 Å². The second-order valence-corrected chi connectivity index (χ2v) is 5.63. The quantitative estimate of drug-likeness (QED) is 0.836. The number of carbonyl (C=O) groups excluding carboxylic acids is 1. The zero-order valence-electron chi connectivity index (χ0n) is 11.2. The van der Waals surface area contributed by atoms with Crippen LogP contribution in [0.4, 0.5) is 10.1 Å². The summed E-state index contributed by atoms with van der Waals surface area (Å²) in [5.74, 6) is 0.0727. The van der Waals surface area contributed by atoms with Crippen LogP contribution in [0, 0.1) is 5.82 Å². The molecule has 21 heavy (non-hydrogen) atoms. The van der Waals surface area contributed by atoms with Crippen molar-refractivity contribution in [2.45, 2.75) is 4.90 Å². The minimum Gasteiger partial charge on any atom is -0.497 e. The average Bonchev–Trinajstić information content (AvgIpc) is 2.49. The topological polar surface area (TPSA) is 38.3 Å². The number of benzene rings is 2. The molecule has 0 unspecified atom stereocenters. The van der Waals surface area contributed by atoms with Crippen molar-refractivity contribution in [3.05, 3.63) is 53.3 Å². The smallest absolute Gasteiger partial charge is 0.234 e. The normalized spacial score (nSPS) is 10.2. The summed E-state index contributed by atoms with van der Waals surface area (Å²) in [6.07, 6.45) is 0. The summed E-state index contributed by atoms with van der Waals surface area (Å²) in [6, 6.07) is 11.4. The van der Waals surface area contributed by atoms with Crippen molar-refractivity contribution in [2.24, 2.45) is 0 Å². The first-order valence-electron chi connectivity index (χ1n) is 6.10. The highest BCUT2D eigenvalue weighted by molar-refractivity contribution is 8.00. The number of nitrogens with one attached hydrogen (secondary N) is 1. The van der Waals surface area contributed by atoms with Crippen molar-refractivity contribution >= 4 is 35.0 Å². The van der Waals surface area contributed by atoms with Crippen molar-refractivity contribution in [1.29, 1.82) is 0 Å². The molecule has 1 amide bonds. The number of amides is 1. The third-order valence-electron chi connectivity index (χ3n) is 2.61. The molecule has 2 aromatic rings. The summed E-state index contributed by atoms with van der Waals surface area (Å²) in [7, 11) is 1.58. The molecule has 0 radical (unpaired) electrons. The van der Waals surface area contributed by atoms with Crippen molar-refractivity contribution in [1.82, 2.24) is 0 Å². The lowest BCUT2D eigenvalue weighted by Crippen LogP contribution is -2.15. The van der Waals surface area contributed by atoms with Gasteiger partial charge in [0.25, 0.3) is 0 Å². The van der Waals surface area contributed by atoms with Gasteiger partial charge in [-0.05, 0) is 36.4 Å². The van der Waals surface area contributed by atoms with Gasteiger partial charge < -0.3 is 10.1 Å². The molecule has 2 aromatic carbocycles. The second-order valence-electron chi connectivity index (χ2n) is 4.14. The Hall–Kier alpha value is -1.72. The lowest BCUT2D eigenvalue weighted by atomic mass is 10.3. The Morgan fingerprint density at radius 2 is 2.14 bits per heavy atom. The largest absolute Gasteiger partial charge is 0.497 e. The maximum atomic E-state index is 13.5. The van der Waals surface area contributed by atoms with E-state index in [1.807, 2.05) is 24.3 Å². The number of thioether (sulfide) groups is 1. The molecule has 0 spiro atoms. The molecule has 2 rings (SSSR count). The fraction of sp³-hybridized carbons (Fsp3) is 0.133. The Morgan fingerprint density at radius 3 is 2.90 bits per heavy atom. The van der Waals surface area contributed by atoms with Gasteiger partial charge in [0.05, 0.1) is 18.6 Å². The predicted molar refractivity (Wildman–Crippen MR) is 83.8 cm³/mol. The van der Waals surface area contributed by atoms with Gasteiger partial charge in [0.1, 0.15) is 11.6 Å². The Kier molecular flexibility index (Phi) is 5.47. The second kappa shape index (κ2) is 7.33. The zero-order chi connectivity index (χ0) is 15.2. The predicted octanol–water partition coefficient (Wildman–Crippen LogP) is 4.22. The van der Waals surface area contributed by atoms with Crippen molar-refractivity contribution in [3.63, 3.8) is 0 Å². The van der Waals surface area contributed by atoms with Crippen LogP contribution in [0.25, 0.3) is 0 Å². The maximum absolute atomic E-state index is 13.5. The van der Waals surface area contributed by atoms with Crippen molar-refractivity contribution < 1.29 is 13.9 Å². The molecule has 0 saturated carbocycles. The summed E-state index contributed by atoms with van der Waals surface area (Å²) < 4.78 is 18.6. The van der Waals surface area contributed by atoms with E-state index >= 15 is 0 Å². The van der Waals surface area contributed by atoms with Gasteiger partial charge in [-0.1, -0.05) is 17.7 Å². The van der Waals surface area contributed by atoms with Crippen LogP contribution in [0.2, 0.25) is 5.02 Å². The summed E-state index contributed by atoms with van der Waals surface area (Å²) in [4.78, 5) is 12.7. The molecule has 0 aliphatic carbocycles. The van der Waals surface area contributed by atoms with Gasteiger partial charge in [0.15, 0.2) is 0 Å². The molecule has 0 aliphatic heterocycles. The highest BCUT2D eigenvalue weighted by Crippen LogP contribution is 2.24. The third-order valence-corrected chi connectivity index (χ3v) is 3.84. The lowest BCUT2D eigenvalue weighted by Gasteiger charge is -2.07. The van der Waals surface area contributed by atoms with Crippen LogP contribution in [-0.2, 0) is 4.79 Å². The molecule has 0 saturated heterocycles. The van der Waals surface area contributed by atoms with Crippen LogP contribution >= 0.6 is 23.4 Å². The number of anilines is 1. The van der Waals surface area contributed by atoms with E-state index in [0.29, 0.717) is 5.02 Å². The minimum atomic E-state index is -0.515. The van der Waals surface area contributed by atoms with E-state index in [9.17, 15) is 9.18 Å². The van der Waals surface area contributed by atoms with E-state index in [0.717, 1.165) is 10.6 Å². The number of carbonyl (C=O) groups is 1. The van der Waals surface area contributed by atoms with E-state index in [-0.39, 0.29) is 17.3 Å². The van der Waals surface area contributed by atoms with E-state index in [2.05, 4.69) is 5.32 Å². The van der Waals surface area contributed by atoms with Crippen molar-refractivity contribution in [3.8, 4) is 5.75 Å². The van der Waals surface area contributed by atoms with Crippen LogP contribution in [-0.4, -0.2) is 18.8 Å². The third kappa shape index (κ3) is 4.65. The molecule has 0 fully saturated rings. The number of halogens is 2. The van der Waals surface area contributed by atoms with Crippen LogP contribution in [0.3, 0.4) is 0 Å². The van der Waals surface area contributed by atoms with Crippen LogP contribution in [0.15, 0.2) is 47.4 Å². The Morgan fingerprint density at radius 1 is 1.33 bits per heavy atom. The molecule has 0 aromatic heterocycles. The van der Waals surface area contributed by atoms with E-state index < -0.39 is 5.82 Å². The fourth-order valence-corrected chi connectivity index (χ4v) is 2.54. The number of methoxy groups -OCH3 is 1. The first-order chi connectivity index (χ1) is 10.1. The van der Waals surface area contributed by atoms with E-state index in [1.54, 1.807) is 7.11 Å². The molecule has 6 heteroatoms. The Balaban J connectivity index is 1.94. The average molecular weight is 326 g/mol. The van der Waals surface area contributed by atoms with Gasteiger partial charge in [-0.2, -0.15) is 0 Å². The fourth-order valence-electron chi connectivity index (χ4n) is 1.62. The SMILES string of the molecule is COc1cccc(SCC(=O)Nc2cc(Cl)ccc2F)c1. The molecular weight excluding hydrogens is 313 g/mol. The van der Waals surface area contributed by atoms with Crippen LogP contribution < -0.4 is 10.1 Å². The zero-order valence-corrected chi connectivity index (χ0v) is 12.8. The van der Waals surface area contributed by atoms with Crippen LogP contribution in [0.5, 0.6) is 5.75 Å². The first-order valence-corrected chi connectivity index (χ1v) is 7.46. The van der Waals surface area contributed by atoms with Gasteiger partial charge in [-0.15, -0.1) is 11.8 Å². The highest BCUT2D eigenvalue weighted by atomic mass is 35.5. The molecule has 0 heterocycles. The van der Waals surface area contributed by atoms with Gasteiger partial charge in [-0.25, -0.2) is 4.39 Å². The number of hydrogen-bond acceptors (Lipinski definition) is 3. The summed E-state index contributed by atoms with van der Waals surface area (Å²) in [6.45, 7) is 0. The van der Waals surface area contributed by atoms with Crippen LogP contribution in [0.1, 0.15) is 0 Å². The number of hydrogen-bond donors (Lipinski definition) is 1. The minimum absolute atomic E-state index is 0.0822. The molecule has 3 nitrogen and oxygen atoms in total. The lowest BCUT2D eigenvalue weighted by molar-refractivity contribution is -0.113. The Labute approximate surface area is 131 Å². The molecule has 1 N–H and O–H groups in total. The van der Waals surface area contributed by atoms with E-state index in [1.165, 1.54) is 30.0 Å². The Bertz CT molecular complexity index is 651. The van der Waals surface area contributed by atoms with Gasteiger partial charge in [0.2, 0.25) is 5.91 Å². The molecular formula is C15H13ClFNO2S. The molecule has 0 bridgehead atoms. The summed E-state index contributed by atoms with van der Waals surface area (Å²) in [5.41, 5.74) is 0.0822. The number of rotatable bonds is 5. The maximum Gasteiger partial charge on any atom is 0.234 e. The number of ether oxygens (including phenoxy) is 1. The monoisotopic (exact) mass is 325 g/mol.